The van der Waals surface area contributed by atoms with E-state index in [1.54, 1.807) is 97.1 Å². The number of phenols is 3. The number of azo groups is 2. The van der Waals surface area contributed by atoms with Crippen molar-refractivity contribution in [1.29, 1.82) is 0 Å². The van der Waals surface area contributed by atoms with Gasteiger partial charge in [-0.25, -0.2) is 0 Å². The van der Waals surface area contributed by atoms with Gasteiger partial charge in [-0.15, -0.1) is 10.2 Å². The van der Waals surface area contributed by atoms with Gasteiger partial charge in [0.2, 0.25) is 5.91 Å². The van der Waals surface area contributed by atoms with Crippen molar-refractivity contribution >= 4 is 79.1 Å². The Kier molecular flexibility index (Phi) is 18.3. The lowest BCUT2D eigenvalue weighted by Crippen LogP contribution is -2.37. The summed E-state index contributed by atoms with van der Waals surface area (Å²) in [5.41, 5.74) is 8.67. The Morgan fingerprint density at radius 1 is 0.527 bits per heavy atom. The average Bonchev–Trinajstić information content (AvgIpc) is 0.778. The number of fused-ring (bicyclic) bond motifs is 3. The SMILES string of the molecule is CCC(C)(C)c1cc(CCC(O)NCc2ccc(N=Nc3c(O)c(C(=O)Nc4ccc(NC(=O)c5cc6ccccc6c(N=Nc6ccc(NC(=O)CCc7cc(C(C)(C)C)c8c(c7)C(C)(C)O8)cc6)c5O)cc4)cc4ccccc34)cc2)cc(C(C)(C)C)c1O. The highest BCUT2D eigenvalue weighted by atomic mass is 16.5. The summed E-state index contributed by atoms with van der Waals surface area (Å²) in [6.45, 7) is 23.7. The van der Waals surface area contributed by atoms with Crippen molar-refractivity contribution in [2.24, 2.45) is 20.5 Å². The fraction of sp³-hybridized carbons (Fsp3) is 0.293. The van der Waals surface area contributed by atoms with E-state index in [1.807, 2.05) is 36.4 Å². The maximum absolute atomic E-state index is 13.9. The van der Waals surface area contributed by atoms with Crippen molar-refractivity contribution in [2.45, 2.75) is 143 Å². The predicted molar refractivity (Wildman–Crippen MR) is 362 cm³/mol. The number of amides is 3. The van der Waals surface area contributed by atoms with Gasteiger partial charge in [0, 0.05) is 57.5 Å². The van der Waals surface area contributed by atoms with Crippen molar-refractivity contribution in [1.82, 2.24) is 5.32 Å². The number of nitrogens with zero attached hydrogens (tertiary/aromatic N) is 4. The van der Waals surface area contributed by atoms with Crippen molar-refractivity contribution in [2.75, 3.05) is 16.0 Å². The average molecular weight is 1220 g/mol. The molecule has 3 amide bonds. The fourth-order valence-electron chi connectivity index (χ4n) is 11.2. The monoisotopic (exact) mass is 1220 g/mol. The summed E-state index contributed by atoms with van der Waals surface area (Å²) >= 11 is 0. The van der Waals surface area contributed by atoms with Crippen molar-refractivity contribution in [3.8, 4) is 23.0 Å². The molecular weight excluding hydrogens is 1140 g/mol. The molecule has 0 fully saturated rings. The number of rotatable bonds is 20. The lowest BCUT2D eigenvalue weighted by atomic mass is 9.76. The lowest BCUT2D eigenvalue weighted by Gasteiger charge is -2.42. The third-order valence-corrected chi connectivity index (χ3v) is 16.9. The fourth-order valence-corrected chi connectivity index (χ4v) is 11.2. The normalized spacial score (nSPS) is 13.5. The summed E-state index contributed by atoms with van der Waals surface area (Å²) in [7, 11) is 0. The molecule has 0 aliphatic carbocycles. The topological polar surface area (TPSA) is 239 Å². The summed E-state index contributed by atoms with van der Waals surface area (Å²) in [6.07, 6.45) is 2.06. The van der Waals surface area contributed by atoms with Crippen molar-refractivity contribution in [3.63, 3.8) is 0 Å². The molecule has 0 bridgehead atoms. The minimum absolute atomic E-state index is 0.0338. The molecule has 0 radical (unpaired) electrons. The molecule has 468 valence electrons. The summed E-state index contributed by atoms with van der Waals surface area (Å²) in [5, 5.41) is 77.5. The van der Waals surface area contributed by atoms with Gasteiger partial charge in [-0.05, 0) is 168 Å². The van der Waals surface area contributed by atoms with Crippen LogP contribution in [-0.2, 0) is 46.0 Å². The Bertz CT molecular complexity index is 4290. The first-order valence-corrected chi connectivity index (χ1v) is 30.9. The van der Waals surface area contributed by atoms with Crippen LogP contribution in [0.15, 0.2) is 178 Å². The molecule has 0 saturated heterocycles. The third-order valence-electron chi connectivity index (χ3n) is 16.9. The zero-order valence-electron chi connectivity index (χ0n) is 53.5. The number of aliphatic hydroxyl groups is 1. The number of phenolic OH excluding ortho intramolecular Hbond substituents is 3. The number of benzene rings is 9. The second-order valence-electron chi connectivity index (χ2n) is 26.7. The van der Waals surface area contributed by atoms with Gasteiger partial charge in [-0.2, -0.15) is 10.2 Å². The van der Waals surface area contributed by atoms with Crippen molar-refractivity contribution in [3.05, 3.63) is 208 Å². The van der Waals surface area contributed by atoms with Gasteiger partial charge in [0.05, 0.1) is 22.5 Å². The maximum Gasteiger partial charge on any atom is 0.259 e. The molecule has 1 aliphatic heterocycles. The minimum Gasteiger partial charge on any atom is -0.507 e. The number of hydrogen-bond acceptors (Lipinski definition) is 13. The second kappa shape index (κ2) is 26.0. The van der Waals surface area contributed by atoms with Gasteiger partial charge in [0.25, 0.3) is 11.8 Å². The zero-order valence-corrected chi connectivity index (χ0v) is 53.5. The first kappa shape index (κ1) is 64.2. The lowest BCUT2D eigenvalue weighted by molar-refractivity contribution is -0.116. The largest absolute Gasteiger partial charge is 0.507 e. The Morgan fingerprint density at radius 3 is 1.49 bits per heavy atom. The molecule has 16 heteroatoms. The highest BCUT2D eigenvalue weighted by molar-refractivity contribution is 6.13. The summed E-state index contributed by atoms with van der Waals surface area (Å²) in [6, 6.07) is 46.6. The van der Waals surface area contributed by atoms with Crippen LogP contribution in [0.4, 0.5) is 39.8 Å². The third kappa shape index (κ3) is 14.6. The number of ether oxygens (including phenoxy) is 1. The second-order valence-corrected chi connectivity index (χ2v) is 26.7. The van der Waals surface area contributed by atoms with Gasteiger partial charge in [-0.3, -0.25) is 19.7 Å². The van der Waals surface area contributed by atoms with Crippen LogP contribution in [-0.4, -0.2) is 44.4 Å². The zero-order chi connectivity index (χ0) is 65.2. The van der Waals surface area contributed by atoms with Crippen molar-refractivity contribution < 1.29 is 39.5 Å². The molecule has 0 saturated carbocycles. The molecular formula is C75H80N8O8. The number of nitrogens with one attached hydrogen (secondary N) is 4. The summed E-state index contributed by atoms with van der Waals surface area (Å²) < 4.78 is 6.12. The summed E-state index contributed by atoms with van der Waals surface area (Å²) in [4.78, 5) is 41.0. The van der Waals surface area contributed by atoms with E-state index >= 15 is 0 Å². The molecule has 1 aliphatic rings. The first-order valence-electron chi connectivity index (χ1n) is 30.9. The molecule has 10 rings (SSSR count). The number of aliphatic hydroxyl groups excluding tert-OH is 1. The standard InChI is InChI=1S/C75H80N8O8/c1-12-74(8,9)59-38-45(37-58(68(59)88)72(2,3)4)23-35-62(84)76-43-44-21-25-52(26-22-44)80-82-64-54-19-15-13-17-47(54)41-56(66(64)86)70(89)78-50-27-29-51(30-28-50)79-71(90)57-42-48-18-14-16-20-55(48)65(67(57)87)83-81-53-33-31-49(32-34-53)77-63(85)36-24-46-39-60(73(5,6)7)69-61(40-46)75(10,11)91-69/h13-22,25-34,37-42,62,76,84,86-88H,12,23-24,35-36,43H2,1-11H3,(H,77,85)(H,78,89)(H,79,90). The predicted octanol–water partition coefficient (Wildman–Crippen LogP) is 18.0. The molecule has 9 aromatic rings. The Balaban J connectivity index is 0.750. The quantitative estimate of drug-likeness (QED) is 0.0267. The van der Waals surface area contributed by atoms with Gasteiger partial charge >= 0.3 is 0 Å². The molecule has 16 nitrogen and oxygen atoms in total. The van der Waals surface area contributed by atoms with Gasteiger partial charge in [0.1, 0.15) is 34.7 Å². The smallest absolute Gasteiger partial charge is 0.259 e. The number of aryl methyl sites for hydroxylation is 2. The number of anilines is 3. The molecule has 1 heterocycles. The van der Waals surface area contributed by atoms with E-state index < -0.39 is 18.0 Å². The van der Waals surface area contributed by atoms with E-state index in [0.29, 0.717) is 88.0 Å². The van der Waals surface area contributed by atoms with E-state index in [1.165, 1.54) is 0 Å². The molecule has 91 heavy (non-hydrogen) atoms. The van der Waals surface area contributed by atoms with Crippen LogP contribution in [0.2, 0.25) is 0 Å². The Morgan fingerprint density at radius 2 is 0.989 bits per heavy atom. The Labute approximate surface area is 531 Å². The summed E-state index contributed by atoms with van der Waals surface area (Å²) in [5.74, 6) is -0.803. The number of hydrogen-bond donors (Lipinski definition) is 8. The van der Waals surface area contributed by atoms with Crippen LogP contribution >= 0.6 is 0 Å². The minimum atomic E-state index is -0.773. The molecule has 1 atom stereocenters. The first-order chi connectivity index (χ1) is 43.1. The molecule has 9 aromatic carbocycles. The van der Waals surface area contributed by atoms with E-state index in [4.69, 9.17) is 4.74 Å². The van der Waals surface area contributed by atoms with Gasteiger partial charge in [-0.1, -0.05) is 141 Å². The van der Waals surface area contributed by atoms with Crippen LogP contribution in [0.1, 0.15) is 155 Å². The number of carbonyl (C=O) groups is 3. The van der Waals surface area contributed by atoms with Crippen LogP contribution in [0.3, 0.4) is 0 Å². The molecule has 0 aromatic heterocycles. The van der Waals surface area contributed by atoms with Gasteiger partial charge < -0.3 is 41.1 Å². The van der Waals surface area contributed by atoms with E-state index in [-0.39, 0.29) is 61.8 Å². The van der Waals surface area contributed by atoms with E-state index in [0.717, 1.165) is 51.1 Å². The highest BCUT2D eigenvalue weighted by Crippen LogP contribution is 2.50. The van der Waals surface area contributed by atoms with Gasteiger partial charge in [0.15, 0.2) is 11.5 Å². The maximum atomic E-state index is 13.9. The van der Waals surface area contributed by atoms with E-state index in [2.05, 4.69) is 142 Å². The highest BCUT2D eigenvalue weighted by Gasteiger charge is 2.41. The van der Waals surface area contributed by atoms with Crippen LogP contribution in [0, 0.1) is 0 Å². The number of aromatic hydroxyl groups is 3. The van der Waals surface area contributed by atoms with E-state index in [9.17, 15) is 34.8 Å². The van der Waals surface area contributed by atoms with Crippen LogP contribution < -0.4 is 26.0 Å². The Hall–Kier alpha value is -9.77. The molecule has 1 unspecified atom stereocenters. The van der Waals surface area contributed by atoms with Crippen LogP contribution in [0.5, 0.6) is 23.0 Å². The molecule has 0 spiro atoms. The van der Waals surface area contributed by atoms with Crippen LogP contribution in [0.25, 0.3) is 21.5 Å². The number of carbonyl (C=O) groups excluding carboxylic acids is 3. The molecule has 8 N–H and O–H groups in total.